The van der Waals surface area contributed by atoms with Crippen molar-refractivity contribution in [1.29, 1.82) is 0 Å². The molecule has 0 aliphatic carbocycles. The molecule has 0 aromatic carbocycles. The Morgan fingerprint density at radius 2 is 2.32 bits per heavy atom. The van der Waals surface area contributed by atoms with Gasteiger partial charge in [-0.2, -0.15) is 10.1 Å². The third-order valence-corrected chi connectivity index (χ3v) is 2.61. The van der Waals surface area contributed by atoms with Gasteiger partial charge in [0.2, 0.25) is 0 Å². The van der Waals surface area contributed by atoms with Gasteiger partial charge in [0.05, 0.1) is 32.0 Å². The van der Waals surface area contributed by atoms with Crippen molar-refractivity contribution in [3.63, 3.8) is 0 Å². The van der Waals surface area contributed by atoms with Crippen LogP contribution in [0.2, 0.25) is 0 Å². The highest BCUT2D eigenvalue weighted by atomic mass is 16.6. The first-order valence-electron chi connectivity index (χ1n) is 6.91. The van der Waals surface area contributed by atoms with Crippen LogP contribution in [0.4, 0.5) is 10.7 Å². The van der Waals surface area contributed by atoms with Crippen LogP contribution >= 0.6 is 0 Å². The molecule has 1 amide bonds. The number of unbranched alkanes of at least 4 members (excludes halogenated alkanes) is 2. The lowest BCUT2D eigenvalue weighted by atomic mass is 10.3. The molecule has 122 valence electrons. The maximum atomic E-state index is 11.8. The van der Waals surface area contributed by atoms with Gasteiger partial charge in [-0.05, 0) is 12.5 Å². The van der Waals surface area contributed by atoms with Crippen molar-refractivity contribution in [2.45, 2.75) is 26.2 Å². The molecule has 0 aliphatic heterocycles. The summed E-state index contributed by atoms with van der Waals surface area (Å²) in [6.07, 6.45) is 3.17. The van der Waals surface area contributed by atoms with Crippen LogP contribution in [0.15, 0.2) is 21.7 Å². The molecule has 1 rings (SSSR count). The number of aliphatic hydroxyl groups is 1. The molecule has 0 unspecified atom stereocenters. The summed E-state index contributed by atoms with van der Waals surface area (Å²) in [4.78, 5) is 21.6. The molecular formula is C13H19N3O6. The zero-order valence-corrected chi connectivity index (χ0v) is 12.3. The molecule has 0 saturated heterocycles. The van der Waals surface area contributed by atoms with Crippen molar-refractivity contribution in [1.82, 2.24) is 5.01 Å². The highest BCUT2D eigenvalue weighted by Crippen LogP contribution is 2.14. The summed E-state index contributed by atoms with van der Waals surface area (Å²) in [5, 5.41) is 24.2. The lowest BCUT2D eigenvalue weighted by molar-refractivity contribution is -0.402. The van der Waals surface area contributed by atoms with Crippen LogP contribution in [-0.2, 0) is 4.74 Å². The molecule has 1 aromatic rings. The average molecular weight is 313 g/mol. The minimum Gasteiger partial charge on any atom is -0.448 e. The summed E-state index contributed by atoms with van der Waals surface area (Å²) < 4.78 is 9.89. The number of carbonyl (C=O) groups excluding carboxylic acids is 1. The van der Waals surface area contributed by atoms with Crippen molar-refractivity contribution in [2.24, 2.45) is 5.10 Å². The van der Waals surface area contributed by atoms with Gasteiger partial charge in [-0.25, -0.2) is 4.79 Å². The van der Waals surface area contributed by atoms with E-state index in [2.05, 4.69) is 5.10 Å². The number of aliphatic hydroxyl groups excluding tert-OH is 1. The molecule has 0 spiro atoms. The van der Waals surface area contributed by atoms with Crippen LogP contribution in [-0.4, -0.2) is 47.1 Å². The number of carbonyl (C=O) groups is 1. The monoisotopic (exact) mass is 313 g/mol. The van der Waals surface area contributed by atoms with Crippen molar-refractivity contribution in [2.75, 3.05) is 19.8 Å². The molecule has 1 N–H and O–H groups in total. The fourth-order valence-corrected chi connectivity index (χ4v) is 1.51. The van der Waals surface area contributed by atoms with E-state index in [4.69, 9.17) is 14.3 Å². The number of hydrogen-bond donors (Lipinski definition) is 1. The van der Waals surface area contributed by atoms with Gasteiger partial charge >= 0.3 is 12.0 Å². The fraction of sp³-hybridized carbons (Fsp3) is 0.538. The standard InChI is InChI=1S/C13H19N3O6/c1-2-3-4-9-21-13(18)15(7-8-17)14-10-11-5-6-12(22-11)16(19)20/h5-6,10,17H,2-4,7-9H2,1H3/b14-10+. The Bertz CT molecular complexity index is 514. The lowest BCUT2D eigenvalue weighted by Crippen LogP contribution is -2.29. The molecule has 22 heavy (non-hydrogen) atoms. The van der Waals surface area contributed by atoms with E-state index in [-0.39, 0.29) is 25.5 Å². The van der Waals surface area contributed by atoms with Gasteiger partial charge in [-0.1, -0.05) is 19.8 Å². The van der Waals surface area contributed by atoms with E-state index in [0.29, 0.717) is 0 Å². The summed E-state index contributed by atoms with van der Waals surface area (Å²) in [5.74, 6) is -0.300. The Kier molecular flexibility index (Phi) is 7.62. The molecule has 0 saturated carbocycles. The second-order valence-electron chi connectivity index (χ2n) is 4.35. The highest BCUT2D eigenvalue weighted by Gasteiger charge is 2.14. The van der Waals surface area contributed by atoms with E-state index in [0.717, 1.165) is 30.5 Å². The van der Waals surface area contributed by atoms with Gasteiger partial charge in [0.15, 0.2) is 5.76 Å². The van der Waals surface area contributed by atoms with Crippen LogP contribution in [0.5, 0.6) is 0 Å². The van der Waals surface area contributed by atoms with Crippen molar-refractivity contribution < 1.29 is 24.0 Å². The topological polar surface area (TPSA) is 118 Å². The van der Waals surface area contributed by atoms with Crippen LogP contribution in [0.1, 0.15) is 31.9 Å². The first kappa shape index (κ1) is 17.6. The van der Waals surface area contributed by atoms with E-state index in [1.165, 1.54) is 12.1 Å². The summed E-state index contributed by atoms with van der Waals surface area (Å²) in [6, 6.07) is 2.53. The molecule has 9 nitrogen and oxygen atoms in total. The Balaban J connectivity index is 2.59. The van der Waals surface area contributed by atoms with Crippen LogP contribution in [0.25, 0.3) is 0 Å². The summed E-state index contributed by atoms with van der Waals surface area (Å²) >= 11 is 0. The number of hydrogen-bond acceptors (Lipinski definition) is 7. The summed E-state index contributed by atoms with van der Waals surface area (Å²) in [7, 11) is 0. The number of ether oxygens (including phenoxy) is 1. The van der Waals surface area contributed by atoms with Gasteiger partial charge in [0, 0.05) is 0 Å². The quantitative estimate of drug-likeness (QED) is 0.323. The molecular weight excluding hydrogens is 294 g/mol. The van der Waals surface area contributed by atoms with Crippen molar-refractivity contribution >= 4 is 18.2 Å². The molecule has 0 atom stereocenters. The van der Waals surface area contributed by atoms with Gasteiger partial charge in [-0.3, -0.25) is 10.1 Å². The predicted molar refractivity (Wildman–Crippen MR) is 77.6 cm³/mol. The van der Waals surface area contributed by atoms with Gasteiger partial charge in [-0.15, -0.1) is 0 Å². The molecule has 0 fully saturated rings. The molecule has 9 heteroatoms. The molecule has 0 aliphatic rings. The Hall–Kier alpha value is -2.42. The smallest absolute Gasteiger partial charge is 0.433 e. The predicted octanol–water partition coefficient (Wildman–Crippen LogP) is 2.14. The van der Waals surface area contributed by atoms with Crippen molar-refractivity contribution in [3.8, 4) is 0 Å². The van der Waals surface area contributed by atoms with E-state index in [1.54, 1.807) is 0 Å². The second kappa shape index (κ2) is 9.50. The highest BCUT2D eigenvalue weighted by molar-refractivity contribution is 5.78. The summed E-state index contributed by atoms with van der Waals surface area (Å²) in [5.41, 5.74) is 0. The Morgan fingerprint density at radius 1 is 1.55 bits per heavy atom. The first-order valence-corrected chi connectivity index (χ1v) is 6.91. The maximum absolute atomic E-state index is 11.8. The minimum absolute atomic E-state index is 0.0497. The second-order valence-corrected chi connectivity index (χ2v) is 4.35. The zero-order chi connectivity index (χ0) is 16.4. The lowest BCUT2D eigenvalue weighted by Gasteiger charge is -2.15. The third kappa shape index (κ3) is 5.92. The van der Waals surface area contributed by atoms with E-state index >= 15 is 0 Å². The number of amides is 1. The van der Waals surface area contributed by atoms with Gasteiger partial charge in [0.25, 0.3) is 0 Å². The van der Waals surface area contributed by atoms with Crippen LogP contribution < -0.4 is 0 Å². The Labute approximate surface area is 127 Å². The normalized spacial score (nSPS) is 10.8. The maximum Gasteiger partial charge on any atom is 0.433 e. The molecule has 1 heterocycles. The fourth-order valence-electron chi connectivity index (χ4n) is 1.51. The Morgan fingerprint density at radius 3 is 2.91 bits per heavy atom. The molecule has 1 aromatic heterocycles. The zero-order valence-electron chi connectivity index (χ0n) is 12.3. The number of furan rings is 1. The van der Waals surface area contributed by atoms with Crippen LogP contribution in [0.3, 0.4) is 0 Å². The first-order chi connectivity index (χ1) is 10.6. The van der Waals surface area contributed by atoms with Crippen molar-refractivity contribution in [3.05, 3.63) is 28.0 Å². The van der Waals surface area contributed by atoms with E-state index < -0.39 is 16.9 Å². The number of nitro groups is 1. The van der Waals surface area contributed by atoms with Gasteiger partial charge in [0.1, 0.15) is 4.92 Å². The van der Waals surface area contributed by atoms with E-state index in [9.17, 15) is 14.9 Å². The van der Waals surface area contributed by atoms with E-state index in [1.807, 2.05) is 6.92 Å². The molecule has 0 radical (unpaired) electrons. The molecule has 0 bridgehead atoms. The van der Waals surface area contributed by atoms with Gasteiger partial charge < -0.3 is 14.3 Å². The third-order valence-electron chi connectivity index (χ3n) is 2.61. The number of rotatable bonds is 9. The number of nitrogens with zero attached hydrogens (tertiary/aromatic N) is 3. The SMILES string of the molecule is CCCCCOC(=O)N(CCO)/N=C/c1ccc([N+](=O)[O-])o1. The average Bonchev–Trinajstić information content (AvgIpc) is 2.97. The minimum atomic E-state index is -0.692. The van der Waals surface area contributed by atoms with Crippen LogP contribution in [0, 0.1) is 10.1 Å². The number of hydrazone groups is 1. The largest absolute Gasteiger partial charge is 0.448 e. The summed E-state index contributed by atoms with van der Waals surface area (Å²) in [6.45, 7) is 1.97.